The molecule has 0 radical (unpaired) electrons. The molecule has 1 aromatic rings. The number of nitrogens with one attached hydrogen (secondary N) is 1. The number of nitrogens with two attached hydrogens (primary N) is 1. The average Bonchev–Trinajstić information content (AvgIpc) is 2.29. The van der Waals surface area contributed by atoms with Crippen LogP contribution in [0.25, 0.3) is 0 Å². The highest BCUT2D eigenvalue weighted by Gasteiger charge is 2.15. The fourth-order valence-electron chi connectivity index (χ4n) is 1.59. The Hall–Kier alpha value is -1.10. The summed E-state index contributed by atoms with van der Waals surface area (Å²) < 4.78 is 4.85. The van der Waals surface area contributed by atoms with Crippen molar-refractivity contribution in [3.63, 3.8) is 0 Å². The molecular weight excluding hydrogens is 252 g/mol. The van der Waals surface area contributed by atoms with E-state index in [-0.39, 0.29) is 24.9 Å². The number of amides is 1. The van der Waals surface area contributed by atoms with E-state index in [1.54, 1.807) is 0 Å². The molecule has 18 heavy (non-hydrogen) atoms. The highest BCUT2D eigenvalue weighted by molar-refractivity contribution is 5.95. The molecule has 3 N–H and O–H groups in total. The van der Waals surface area contributed by atoms with Crippen LogP contribution in [0.15, 0.2) is 24.3 Å². The van der Waals surface area contributed by atoms with Crippen molar-refractivity contribution >= 4 is 24.0 Å². The van der Waals surface area contributed by atoms with E-state index < -0.39 is 6.04 Å². The van der Waals surface area contributed by atoms with Crippen LogP contribution in [0.5, 0.6) is 0 Å². The van der Waals surface area contributed by atoms with Gasteiger partial charge in [0.15, 0.2) is 0 Å². The maximum atomic E-state index is 11.8. The number of rotatable bonds is 5. The number of carbonyl (C=O) groups is 1. The number of hydrogen-bond donors (Lipinski definition) is 2. The van der Waals surface area contributed by atoms with Gasteiger partial charge in [0, 0.05) is 12.8 Å². The molecule has 1 rings (SSSR count). The van der Waals surface area contributed by atoms with E-state index in [4.69, 9.17) is 10.5 Å². The van der Waals surface area contributed by atoms with Crippen LogP contribution in [0.3, 0.4) is 0 Å². The standard InChI is InChI=1S/C13H20N2O2.ClH/c1-9(2)10-6-4-5-7-12(10)15-13(16)11(14)8-17-3;/h4-7,9,11H,8,14H2,1-3H3,(H,15,16);1H. The smallest absolute Gasteiger partial charge is 0.243 e. The molecule has 1 aromatic carbocycles. The monoisotopic (exact) mass is 272 g/mol. The van der Waals surface area contributed by atoms with Crippen LogP contribution >= 0.6 is 12.4 Å². The molecule has 0 aliphatic carbocycles. The molecule has 0 spiro atoms. The summed E-state index contributed by atoms with van der Waals surface area (Å²) in [5, 5.41) is 2.83. The Bertz CT molecular complexity index is 383. The van der Waals surface area contributed by atoms with Gasteiger partial charge in [-0.1, -0.05) is 32.0 Å². The zero-order chi connectivity index (χ0) is 12.8. The molecule has 0 bridgehead atoms. The lowest BCUT2D eigenvalue weighted by Gasteiger charge is -2.16. The van der Waals surface area contributed by atoms with Gasteiger partial charge < -0.3 is 15.8 Å². The second kappa shape index (κ2) is 8.08. The molecule has 0 saturated carbocycles. The van der Waals surface area contributed by atoms with E-state index in [0.717, 1.165) is 11.3 Å². The molecule has 5 heteroatoms. The quantitative estimate of drug-likeness (QED) is 0.863. The first-order valence-electron chi connectivity index (χ1n) is 5.70. The summed E-state index contributed by atoms with van der Waals surface area (Å²) in [6.45, 7) is 4.38. The van der Waals surface area contributed by atoms with E-state index in [1.165, 1.54) is 7.11 Å². The molecule has 102 valence electrons. The number of benzene rings is 1. The van der Waals surface area contributed by atoms with Gasteiger partial charge in [-0.15, -0.1) is 12.4 Å². The van der Waals surface area contributed by atoms with E-state index in [0.29, 0.717) is 5.92 Å². The number of ether oxygens (including phenoxy) is 1. The second-order valence-corrected chi connectivity index (χ2v) is 4.29. The summed E-state index contributed by atoms with van der Waals surface area (Å²) in [6, 6.07) is 7.10. The third-order valence-corrected chi connectivity index (χ3v) is 2.52. The van der Waals surface area contributed by atoms with Gasteiger partial charge in [0.1, 0.15) is 6.04 Å². The molecular formula is C13H21ClN2O2. The maximum Gasteiger partial charge on any atom is 0.243 e. The zero-order valence-electron chi connectivity index (χ0n) is 11.0. The molecule has 0 aromatic heterocycles. The minimum absolute atomic E-state index is 0. The first kappa shape index (κ1) is 16.9. The first-order chi connectivity index (χ1) is 8.06. The Kier molecular flexibility index (Phi) is 7.59. The summed E-state index contributed by atoms with van der Waals surface area (Å²) in [5.74, 6) is 0.130. The number of hydrogen-bond acceptors (Lipinski definition) is 3. The van der Waals surface area contributed by atoms with Crippen molar-refractivity contribution < 1.29 is 9.53 Å². The van der Waals surface area contributed by atoms with Crippen LogP contribution < -0.4 is 11.1 Å². The Labute approximate surface area is 114 Å². The number of carbonyl (C=O) groups excluding carboxylic acids is 1. The molecule has 4 nitrogen and oxygen atoms in total. The molecule has 0 heterocycles. The van der Waals surface area contributed by atoms with Crippen LogP contribution in [-0.2, 0) is 9.53 Å². The summed E-state index contributed by atoms with van der Waals surface area (Å²) in [6.07, 6.45) is 0. The van der Waals surface area contributed by atoms with Crippen LogP contribution in [0.4, 0.5) is 5.69 Å². The Balaban J connectivity index is 0.00000289. The number of anilines is 1. The van der Waals surface area contributed by atoms with Gasteiger partial charge in [-0.05, 0) is 17.5 Å². The lowest BCUT2D eigenvalue weighted by Crippen LogP contribution is -2.39. The minimum Gasteiger partial charge on any atom is -0.383 e. The van der Waals surface area contributed by atoms with Crippen LogP contribution in [0.1, 0.15) is 25.3 Å². The van der Waals surface area contributed by atoms with Crippen LogP contribution in [-0.4, -0.2) is 25.7 Å². The van der Waals surface area contributed by atoms with Gasteiger partial charge >= 0.3 is 0 Å². The normalized spacial score (nSPS) is 11.8. The van der Waals surface area contributed by atoms with Crippen LogP contribution in [0.2, 0.25) is 0 Å². The van der Waals surface area contributed by atoms with Crippen LogP contribution in [0, 0.1) is 0 Å². The predicted octanol–water partition coefficient (Wildman–Crippen LogP) is 2.14. The summed E-state index contributed by atoms with van der Waals surface area (Å²) in [5.41, 5.74) is 7.59. The van der Waals surface area contributed by atoms with E-state index in [2.05, 4.69) is 19.2 Å². The first-order valence-corrected chi connectivity index (χ1v) is 5.70. The molecule has 0 saturated heterocycles. The van der Waals surface area contributed by atoms with Gasteiger partial charge in [0.25, 0.3) is 0 Å². The van der Waals surface area contributed by atoms with Gasteiger partial charge in [0.2, 0.25) is 5.91 Å². The van der Waals surface area contributed by atoms with Gasteiger partial charge in [-0.25, -0.2) is 0 Å². The summed E-state index contributed by atoms with van der Waals surface area (Å²) in [4.78, 5) is 11.8. The second-order valence-electron chi connectivity index (χ2n) is 4.29. The molecule has 0 aliphatic heterocycles. The zero-order valence-corrected chi connectivity index (χ0v) is 11.8. The van der Waals surface area contributed by atoms with E-state index >= 15 is 0 Å². The SMILES string of the molecule is COCC(N)C(=O)Nc1ccccc1C(C)C.Cl. The van der Waals surface area contributed by atoms with Crippen molar-refractivity contribution in [3.05, 3.63) is 29.8 Å². The topological polar surface area (TPSA) is 64.3 Å². The van der Waals surface area contributed by atoms with Gasteiger partial charge in [0.05, 0.1) is 6.61 Å². The fourth-order valence-corrected chi connectivity index (χ4v) is 1.59. The molecule has 0 aliphatic rings. The van der Waals surface area contributed by atoms with Crippen molar-refractivity contribution in [2.45, 2.75) is 25.8 Å². The Morgan fingerprint density at radius 2 is 2.00 bits per heavy atom. The molecule has 1 unspecified atom stereocenters. The van der Waals surface area contributed by atoms with Crippen molar-refractivity contribution in [1.82, 2.24) is 0 Å². The number of para-hydroxylation sites is 1. The Morgan fingerprint density at radius 3 is 2.56 bits per heavy atom. The van der Waals surface area contributed by atoms with Gasteiger partial charge in [-0.2, -0.15) is 0 Å². The average molecular weight is 273 g/mol. The van der Waals surface area contributed by atoms with E-state index in [1.807, 2.05) is 24.3 Å². The van der Waals surface area contributed by atoms with Crippen molar-refractivity contribution in [2.75, 3.05) is 19.0 Å². The summed E-state index contributed by atoms with van der Waals surface area (Å²) in [7, 11) is 1.52. The third kappa shape index (κ3) is 4.64. The van der Waals surface area contributed by atoms with E-state index in [9.17, 15) is 4.79 Å². The third-order valence-electron chi connectivity index (χ3n) is 2.52. The largest absolute Gasteiger partial charge is 0.383 e. The number of methoxy groups -OCH3 is 1. The number of halogens is 1. The molecule has 0 fully saturated rings. The highest BCUT2D eigenvalue weighted by atomic mass is 35.5. The predicted molar refractivity (Wildman–Crippen MR) is 76.3 cm³/mol. The summed E-state index contributed by atoms with van der Waals surface area (Å²) >= 11 is 0. The maximum absolute atomic E-state index is 11.8. The van der Waals surface area contributed by atoms with Gasteiger partial charge in [-0.3, -0.25) is 4.79 Å². The highest BCUT2D eigenvalue weighted by Crippen LogP contribution is 2.23. The Morgan fingerprint density at radius 1 is 1.39 bits per heavy atom. The molecule has 1 amide bonds. The van der Waals surface area contributed by atoms with Crippen molar-refractivity contribution in [2.24, 2.45) is 5.73 Å². The molecule has 1 atom stereocenters. The fraction of sp³-hybridized carbons (Fsp3) is 0.462. The van der Waals surface area contributed by atoms with Crippen molar-refractivity contribution in [1.29, 1.82) is 0 Å². The minimum atomic E-state index is -0.639. The van der Waals surface area contributed by atoms with Crippen molar-refractivity contribution in [3.8, 4) is 0 Å². The lowest BCUT2D eigenvalue weighted by molar-refractivity contribution is -0.118. The lowest BCUT2D eigenvalue weighted by atomic mass is 10.0.